The van der Waals surface area contributed by atoms with Crippen LogP contribution < -0.4 is 4.72 Å². The summed E-state index contributed by atoms with van der Waals surface area (Å²) in [6, 6.07) is 12.1. The summed E-state index contributed by atoms with van der Waals surface area (Å²) in [7, 11) is -1.67. The molecule has 11 heteroatoms. The van der Waals surface area contributed by atoms with Gasteiger partial charge in [0, 0.05) is 24.4 Å². The van der Waals surface area contributed by atoms with Crippen molar-refractivity contribution in [2.45, 2.75) is 18.1 Å². The van der Waals surface area contributed by atoms with Crippen LogP contribution in [0.25, 0.3) is 39.2 Å². The fourth-order valence-corrected chi connectivity index (χ4v) is 5.26. The minimum Gasteiger partial charge on any atom is -0.283 e. The van der Waals surface area contributed by atoms with Gasteiger partial charge in [0.25, 0.3) is 0 Å². The number of hydrogen-bond acceptors (Lipinski definition) is 6. The first-order valence-corrected chi connectivity index (χ1v) is 12.5. The third kappa shape index (κ3) is 4.14. The van der Waals surface area contributed by atoms with E-state index >= 15 is 0 Å². The Morgan fingerprint density at radius 2 is 1.86 bits per heavy atom. The van der Waals surface area contributed by atoms with Crippen LogP contribution in [0.4, 0.5) is 10.2 Å². The summed E-state index contributed by atoms with van der Waals surface area (Å²) >= 11 is 0. The molecule has 1 fully saturated rings. The van der Waals surface area contributed by atoms with Crippen molar-refractivity contribution in [2.24, 2.45) is 7.05 Å². The van der Waals surface area contributed by atoms with Crippen molar-refractivity contribution in [3.63, 3.8) is 0 Å². The fourth-order valence-electron chi connectivity index (χ4n) is 3.94. The normalized spacial score (nSPS) is 13.9. The maximum absolute atomic E-state index is 13.4. The number of anilines is 1. The topological polar surface area (TPSA) is 108 Å². The van der Waals surface area contributed by atoms with Gasteiger partial charge in [-0.05, 0) is 54.8 Å². The number of nitrogens with one attached hydrogen (secondary N) is 1. The molecule has 0 radical (unpaired) electrons. The summed E-state index contributed by atoms with van der Waals surface area (Å²) in [5, 5.41) is 3.82. The van der Waals surface area contributed by atoms with Crippen LogP contribution in [-0.2, 0) is 17.1 Å². The zero-order chi connectivity index (χ0) is 24.2. The Labute approximate surface area is 200 Å². The largest absolute Gasteiger partial charge is 0.283 e. The van der Waals surface area contributed by atoms with Gasteiger partial charge >= 0.3 is 0 Å². The van der Waals surface area contributed by atoms with E-state index in [9.17, 15) is 12.8 Å². The smallest absolute Gasteiger partial charge is 0.236 e. The highest BCUT2D eigenvalue weighted by molar-refractivity contribution is 7.93. The average molecular weight is 490 g/mol. The summed E-state index contributed by atoms with van der Waals surface area (Å²) in [5.41, 5.74) is 4.58. The lowest BCUT2D eigenvalue weighted by atomic mass is 10.1. The molecule has 35 heavy (non-hydrogen) atoms. The first-order valence-electron chi connectivity index (χ1n) is 11.0. The molecule has 0 saturated heterocycles. The standard InChI is InChI=1S/C24H20FN7O2S/c1-31-13-17(11-28-31)15-2-7-22-21(8-15)27-14-32(22)24-10-16(20-6-3-18(25)12-26-20)9-23(29-24)30-35(33,34)19-4-5-19/h2-3,6-14,19H,4-5H2,1H3,(H,29,30). The molecule has 0 bridgehead atoms. The maximum Gasteiger partial charge on any atom is 0.236 e. The molecule has 1 N–H and O–H groups in total. The summed E-state index contributed by atoms with van der Waals surface area (Å²) in [4.78, 5) is 13.3. The van der Waals surface area contributed by atoms with Gasteiger partial charge in [-0.2, -0.15) is 5.10 Å². The van der Waals surface area contributed by atoms with E-state index in [1.54, 1.807) is 40.0 Å². The molecule has 1 aliphatic rings. The lowest BCUT2D eigenvalue weighted by Gasteiger charge is -2.12. The van der Waals surface area contributed by atoms with Gasteiger partial charge in [0.1, 0.15) is 23.8 Å². The van der Waals surface area contributed by atoms with Crippen LogP contribution in [0, 0.1) is 5.82 Å². The Balaban J connectivity index is 1.46. The van der Waals surface area contributed by atoms with Crippen LogP contribution in [0.2, 0.25) is 0 Å². The van der Waals surface area contributed by atoms with Gasteiger partial charge in [0.15, 0.2) is 0 Å². The van der Waals surface area contributed by atoms with E-state index in [1.807, 2.05) is 31.4 Å². The molecule has 1 aromatic carbocycles. The molecule has 6 rings (SSSR count). The number of hydrogen-bond donors (Lipinski definition) is 1. The highest BCUT2D eigenvalue weighted by Crippen LogP contribution is 2.32. The minimum atomic E-state index is -3.53. The van der Waals surface area contributed by atoms with E-state index in [-0.39, 0.29) is 5.82 Å². The van der Waals surface area contributed by atoms with Crippen LogP contribution in [-0.4, -0.2) is 43.0 Å². The quantitative estimate of drug-likeness (QED) is 0.387. The molecular weight excluding hydrogens is 469 g/mol. The van der Waals surface area contributed by atoms with E-state index in [2.05, 4.69) is 24.8 Å². The van der Waals surface area contributed by atoms with Gasteiger partial charge in [0.2, 0.25) is 10.0 Å². The molecule has 5 aromatic rings. The lowest BCUT2D eigenvalue weighted by Crippen LogP contribution is -2.18. The summed E-state index contributed by atoms with van der Waals surface area (Å²) in [6.07, 6.45) is 7.74. The molecule has 4 heterocycles. The van der Waals surface area contributed by atoms with Gasteiger partial charge < -0.3 is 0 Å². The van der Waals surface area contributed by atoms with E-state index in [4.69, 9.17) is 0 Å². The number of halogens is 1. The fraction of sp³-hybridized carbons (Fsp3) is 0.167. The Hall–Kier alpha value is -4.12. The molecule has 0 unspecified atom stereocenters. The molecule has 0 atom stereocenters. The summed E-state index contributed by atoms with van der Waals surface area (Å²) in [5.74, 6) is 0.172. The monoisotopic (exact) mass is 489 g/mol. The van der Waals surface area contributed by atoms with Crippen molar-refractivity contribution < 1.29 is 12.8 Å². The van der Waals surface area contributed by atoms with E-state index in [1.165, 1.54) is 6.07 Å². The second-order valence-electron chi connectivity index (χ2n) is 8.53. The number of aryl methyl sites for hydroxylation is 1. The number of fused-ring (bicyclic) bond motifs is 1. The molecule has 176 valence electrons. The van der Waals surface area contributed by atoms with Crippen molar-refractivity contribution in [3.05, 3.63) is 73.2 Å². The SMILES string of the molecule is Cn1cc(-c2ccc3c(c2)ncn3-c2cc(-c3ccc(F)cn3)cc(NS(=O)(=O)C3CC3)n2)cn1. The Bertz CT molecular complexity index is 1670. The van der Waals surface area contributed by atoms with Crippen LogP contribution >= 0.6 is 0 Å². The number of nitrogens with zero attached hydrogens (tertiary/aromatic N) is 6. The molecule has 0 aliphatic heterocycles. The predicted octanol–water partition coefficient (Wildman–Crippen LogP) is 3.93. The van der Waals surface area contributed by atoms with Gasteiger partial charge in [0.05, 0.1) is 34.4 Å². The molecule has 4 aromatic heterocycles. The van der Waals surface area contributed by atoms with Crippen LogP contribution in [0.1, 0.15) is 12.8 Å². The predicted molar refractivity (Wildman–Crippen MR) is 130 cm³/mol. The second kappa shape index (κ2) is 7.98. The van der Waals surface area contributed by atoms with Crippen LogP contribution in [0.5, 0.6) is 0 Å². The number of imidazole rings is 1. The van der Waals surface area contributed by atoms with Crippen molar-refractivity contribution in [1.82, 2.24) is 29.3 Å². The van der Waals surface area contributed by atoms with E-state index in [0.29, 0.717) is 29.9 Å². The Morgan fingerprint density at radius 1 is 1.00 bits per heavy atom. The Morgan fingerprint density at radius 3 is 2.57 bits per heavy atom. The number of aromatic nitrogens is 6. The zero-order valence-electron chi connectivity index (χ0n) is 18.6. The average Bonchev–Trinajstić information content (AvgIpc) is 3.49. The van der Waals surface area contributed by atoms with Crippen molar-refractivity contribution >= 4 is 26.9 Å². The molecule has 0 amide bonds. The summed E-state index contributed by atoms with van der Waals surface area (Å²) in [6.45, 7) is 0. The third-order valence-corrected chi connectivity index (χ3v) is 7.72. The third-order valence-electron chi connectivity index (χ3n) is 5.88. The van der Waals surface area contributed by atoms with Crippen molar-refractivity contribution in [1.29, 1.82) is 0 Å². The Kier molecular flexibility index (Phi) is 4.88. The number of benzene rings is 1. The minimum absolute atomic E-state index is 0.171. The number of pyridine rings is 2. The van der Waals surface area contributed by atoms with Gasteiger partial charge in [-0.1, -0.05) is 6.07 Å². The lowest BCUT2D eigenvalue weighted by molar-refractivity contribution is 0.600. The maximum atomic E-state index is 13.4. The molecular formula is C24H20FN7O2S. The molecule has 1 saturated carbocycles. The van der Waals surface area contributed by atoms with Crippen LogP contribution in [0.15, 0.2) is 67.4 Å². The zero-order valence-corrected chi connectivity index (χ0v) is 19.4. The second-order valence-corrected chi connectivity index (χ2v) is 10.5. The highest BCUT2D eigenvalue weighted by atomic mass is 32.2. The molecule has 1 aliphatic carbocycles. The van der Waals surface area contributed by atoms with Gasteiger partial charge in [-0.15, -0.1) is 0 Å². The highest BCUT2D eigenvalue weighted by Gasteiger charge is 2.36. The van der Waals surface area contributed by atoms with E-state index in [0.717, 1.165) is 28.4 Å². The van der Waals surface area contributed by atoms with Gasteiger partial charge in [-0.25, -0.2) is 22.8 Å². The summed E-state index contributed by atoms with van der Waals surface area (Å²) < 4.78 is 44.8. The van der Waals surface area contributed by atoms with Crippen molar-refractivity contribution in [3.8, 4) is 28.2 Å². The molecule has 0 spiro atoms. The van der Waals surface area contributed by atoms with Crippen LogP contribution in [0.3, 0.4) is 0 Å². The first kappa shape index (κ1) is 21.4. The number of sulfonamides is 1. The molecule has 9 nitrogen and oxygen atoms in total. The van der Waals surface area contributed by atoms with Crippen molar-refractivity contribution in [2.75, 3.05) is 4.72 Å². The van der Waals surface area contributed by atoms with E-state index < -0.39 is 21.1 Å². The van der Waals surface area contributed by atoms with Gasteiger partial charge in [-0.3, -0.25) is 19.0 Å². The first-order chi connectivity index (χ1) is 16.9. The number of rotatable bonds is 6.